The molecule has 0 bridgehead atoms. The fraction of sp³-hybridized carbons (Fsp3) is 0.818. The Bertz CT molecular complexity index is 179. The summed E-state index contributed by atoms with van der Waals surface area (Å²) >= 11 is 5.51. The molecule has 13 heavy (non-hydrogen) atoms. The van der Waals surface area contributed by atoms with Crippen LogP contribution < -0.4 is 0 Å². The van der Waals surface area contributed by atoms with E-state index in [1.165, 1.54) is 19.3 Å². The second-order valence-electron chi connectivity index (χ2n) is 4.23. The smallest absolute Gasteiger partial charge is 0.120 e. The third kappa shape index (κ3) is 3.32. The monoisotopic (exact) mass is 202 g/mol. The lowest BCUT2D eigenvalue weighted by molar-refractivity contribution is 0.0873. The van der Waals surface area contributed by atoms with Crippen molar-refractivity contribution in [3.63, 3.8) is 0 Å². The van der Waals surface area contributed by atoms with E-state index in [4.69, 9.17) is 16.3 Å². The quantitative estimate of drug-likeness (QED) is 0.500. The van der Waals surface area contributed by atoms with Gasteiger partial charge in [0.1, 0.15) is 6.07 Å². The van der Waals surface area contributed by atoms with E-state index in [2.05, 4.69) is 26.0 Å². The molecule has 2 atom stereocenters. The molecule has 0 radical (unpaired) electrons. The summed E-state index contributed by atoms with van der Waals surface area (Å²) in [5.41, 5.74) is 0.216. The molecule has 1 aliphatic carbocycles. The van der Waals surface area contributed by atoms with E-state index in [1.54, 1.807) is 0 Å². The molecule has 2 unspecified atom stereocenters. The molecule has 1 nitrogen and oxygen atoms in total. The Kier molecular flexibility index (Phi) is 4.27. The summed E-state index contributed by atoms with van der Waals surface area (Å²) in [6, 6.07) is 0.306. The summed E-state index contributed by atoms with van der Waals surface area (Å²) in [7, 11) is 0. The fourth-order valence-electron chi connectivity index (χ4n) is 2.05. The Labute approximate surface area is 86.1 Å². The van der Waals surface area contributed by atoms with E-state index in [0.717, 1.165) is 12.5 Å². The van der Waals surface area contributed by atoms with Crippen LogP contribution in [0, 0.1) is 11.3 Å². The first-order valence-electron chi connectivity index (χ1n) is 5.01. The SMILES string of the molecule is CCC1CC=CC(C)(COCCl)C1. The second kappa shape index (κ2) is 5.02. The molecule has 76 valence electrons. The molecule has 0 saturated carbocycles. The maximum Gasteiger partial charge on any atom is 0.120 e. The molecule has 0 N–H and O–H groups in total. The fourth-order valence-corrected chi connectivity index (χ4v) is 2.12. The average molecular weight is 203 g/mol. The zero-order valence-electron chi connectivity index (χ0n) is 8.55. The van der Waals surface area contributed by atoms with Gasteiger partial charge in [-0.2, -0.15) is 0 Å². The highest BCUT2D eigenvalue weighted by molar-refractivity contribution is 6.17. The van der Waals surface area contributed by atoms with E-state index < -0.39 is 0 Å². The lowest BCUT2D eigenvalue weighted by Crippen LogP contribution is -2.26. The van der Waals surface area contributed by atoms with Crippen LogP contribution in [0.25, 0.3) is 0 Å². The van der Waals surface area contributed by atoms with Gasteiger partial charge < -0.3 is 4.74 Å². The van der Waals surface area contributed by atoms with Crippen molar-refractivity contribution in [3.05, 3.63) is 12.2 Å². The van der Waals surface area contributed by atoms with Crippen LogP contribution >= 0.6 is 11.6 Å². The highest BCUT2D eigenvalue weighted by Gasteiger charge is 2.27. The van der Waals surface area contributed by atoms with Gasteiger partial charge in [0.2, 0.25) is 0 Å². The summed E-state index contributed by atoms with van der Waals surface area (Å²) in [4.78, 5) is 0. The van der Waals surface area contributed by atoms with Gasteiger partial charge in [0, 0.05) is 5.41 Å². The second-order valence-corrected chi connectivity index (χ2v) is 4.45. The first kappa shape index (κ1) is 11.1. The first-order chi connectivity index (χ1) is 6.20. The molecule has 2 heteroatoms. The number of halogens is 1. The average Bonchev–Trinajstić information content (AvgIpc) is 2.15. The Morgan fingerprint density at radius 1 is 1.62 bits per heavy atom. The summed E-state index contributed by atoms with van der Waals surface area (Å²) in [5, 5.41) is 0. The van der Waals surface area contributed by atoms with E-state index in [0.29, 0.717) is 6.07 Å². The minimum atomic E-state index is 0.216. The van der Waals surface area contributed by atoms with Gasteiger partial charge in [-0.15, -0.1) is 0 Å². The van der Waals surface area contributed by atoms with E-state index in [9.17, 15) is 0 Å². The maximum atomic E-state index is 5.51. The van der Waals surface area contributed by atoms with Crippen molar-refractivity contribution >= 4 is 11.6 Å². The van der Waals surface area contributed by atoms with Crippen molar-refractivity contribution in [1.82, 2.24) is 0 Å². The van der Waals surface area contributed by atoms with E-state index >= 15 is 0 Å². The predicted molar refractivity (Wildman–Crippen MR) is 56.9 cm³/mol. The van der Waals surface area contributed by atoms with Gasteiger partial charge in [-0.25, -0.2) is 0 Å². The van der Waals surface area contributed by atoms with Gasteiger partial charge in [0.05, 0.1) is 6.61 Å². The first-order valence-corrected chi connectivity index (χ1v) is 5.55. The normalized spacial score (nSPS) is 33.6. The van der Waals surface area contributed by atoms with Crippen molar-refractivity contribution in [1.29, 1.82) is 0 Å². The lowest BCUT2D eigenvalue weighted by atomic mass is 9.75. The Morgan fingerprint density at radius 2 is 2.38 bits per heavy atom. The zero-order valence-corrected chi connectivity index (χ0v) is 9.31. The molecule has 0 saturated heterocycles. The van der Waals surface area contributed by atoms with E-state index in [1.807, 2.05) is 0 Å². The van der Waals surface area contributed by atoms with Crippen molar-refractivity contribution in [3.8, 4) is 0 Å². The van der Waals surface area contributed by atoms with Gasteiger partial charge in [0.15, 0.2) is 0 Å². The van der Waals surface area contributed by atoms with Crippen molar-refractivity contribution in [2.45, 2.75) is 33.1 Å². The molecule has 0 heterocycles. The summed E-state index contributed by atoms with van der Waals surface area (Å²) in [6.07, 6.45) is 8.30. The van der Waals surface area contributed by atoms with Gasteiger partial charge in [-0.1, -0.05) is 44.0 Å². The van der Waals surface area contributed by atoms with Crippen LogP contribution in [0.1, 0.15) is 33.1 Å². The van der Waals surface area contributed by atoms with Crippen LogP contribution in [0.5, 0.6) is 0 Å². The molecular formula is C11H19ClO. The molecule has 1 aliphatic rings. The van der Waals surface area contributed by atoms with Crippen molar-refractivity contribution in [2.24, 2.45) is 11.3 Å². The molecule has 0 spiro atoms. The molecule has 0 fully saturated rings. The van der Waals surface area contributed by atoms with Gasteiger partial charge in [-0.3, -0.25) is 0 Å². The van der Waals surface area contributed by atoms with Crippen LogP contribution in [0.2, 0.25) is 0 Å². The highest BCUT2D eigenvalue weighted by Crippen LogP contribution is 2.35. The summed E-state index contributed by atoms with van der Waals surface area (Å²) in [5.74, 6) is 0.828. The van der Waals surface area contributed by atoms with Gasteiger partial charge >= 0.3 is 0 Å². The van der Waals surface area contributed by atoms with Crippen molar-refractivity contribution in [2.75, 3.05) is 12.7 Å². The largest absolute Gasteiger partial charge is 0.365 e. The van der Waals surface area contributed by atoms with Gasteiger partial charge in [-0.05, 0) is 18.8 Å². The molecule has 0 amide bonds. The minimum absolute atomic E-state index is 0.216. The number of hydrogen-bond donors (Lipinski definition) is 0. The van der Waals surface area contributed by atoms with E-state index in [-0.39, 0.29) is 5.41 Å². The van der Waals surface area contributed by atoms with Crippen molar-refractivity contribution < 1.29 is 4.74 Å². The van der Waals surface area contributed by atoms with Gasteiger partial charge in [0.25, 0.3) is 0 Å². The van der Waals surface area contributed by atoms with Crippen LogP contribution in [0.15, 0.2) is 12.2 Å². The van der Waals surface area contributed by atoms with Crippen LogP contribution in [0.3, 0.4) is 0 Å². The van der Waals surface area contributed by atoms with Crippen LogP contribution in [0.4, 0.5) is 0 Å². The minimum Gasteiger partial charge on any atom is -0.365 e. The van der Waals surface area contributed by atoms with Crippen LogP contribution in [-0.2, 0) is 4.74 Å². The third-order valence-corrected chi connectivity index (χ3v) is 2.99. The molecule has 0 aromatic carbocycles. The molecular weight excluding hydrogens is 184 g/mol. The summed E-state index contributed by atoms with van der Waals surface area (Å²) in [6.45, 7) is 5.26. The third-order valence-electron chi connectivity index (χ3n) is 2.83. The number of ether oxygens (including phenoxy) is 1. The number of allylic oxidation sites excluding steroid dienone is 1. The van der Waals surface area contributed by atoms with Crippen LogP contribution in [-0.4, -0.2) is 12.7 Å². The maximum absolute atomic E-state index is 5.51. The molecule has 1 rings (SSSR count). The lowest BCUT2D eigenvalue weighted by Gasteiger charge is -2.33. The summed E-state index contributed by atoms with van der Waals surface area (Å²) < 4.78 is 5.28. The molecule has 0 aromatic rings. The zero-order chi connectivity index (χ0) is 9.73. The standard InChI is InChI=1S/C11H19ClO/c1-3-10-5-4-6-11(2,7-10)8-13-9-12/h4,6,10H,3,5,7-9H2,1-2H3. The highest BCUT2D eigenvalue weighted by atomic mass is 35.5. The Hall–Kier alpha value is -0.0100. The number of alkyl halides is 1. The molecule has 0 aromatic heterocycles. The predicted octanol–water partition coefficient (Wildman–Crippen LogP) is 3.58. The topological polar surface area (TPSA) is 9.23 Å². The Balaban J connectivity index is 2.47. The number of hydrogen-bond acceptors (Lipinski definition) is 1. The Morgan fingerprint density at radius 3 is 3.00 bits per heavy atom. The number of rotatable bonds is 4. The molecule has 0 aliphatic heterocycles.